The fourth-order valence-electron chi connectivity index (χ4n) is 4.41. The van der Waals surface area contributed by atoms with E-state index in [1.807, 2.05) is 18.2 Å². The lowest BCUT2D eigenvalue weighted by Gasteiger charge is -2.21. The van der Waals surface area contributed by atoms with Crippen molar-refractivity contribution in [2.75, 3.05) is 28.4 Å². The van der Waals surface area contributed by atoms with Crippen molar-refractivity contribution in [3.8, 4) is 23.0 Å². The van der Waals surface area contributed by atoms with Gasteiger partial charge in [-0.3, -0.25) is 0 Å². The molecule has 2 aromatic carbocycles. The number of aliphatic hydroxyl groups is 1. The lowest BCUT2D eigenvalue weighted by Crippen LogP contribution is -2.04. The van der Waals surface area contributed by atoms with Crippen LogP contribution in [0.1, 0.15) is 89.2 Å². The van der Waals surface area contributed by atoms with E-state index in [-0.39, 0.29) is 0 Å². The first-order valence-electron chi connectivity index (χ1n) is 12.1. The van der Waals surface area contributed by atoms with Gasteiger partial charge in [-0.05, 0) is 24.6 Å². The average Bonchev–Trinajstić information content (AvgIpc) is 2.83. The van der Waals surface area contributed by atoms with Crippen molar-refractivity contribution < 1.29 is 24.1 Å². The number of methoxy groups -OCH3 is 4. The third-order valence-electron chi connectivity index (χ3n) is 6.21. The first-order chi connectivity index (χ1) is 15.6. The highest BCUT2D eigenvalue weighted by Crippen LogP contribution is 2.48. The molecule has 1 unspecified atom stereocenters. The van der Waals surface area contributed by atoms with Crippen molar-refractivity contribution in [3.05, 3.63) is 23.8 Å². The van der Waals surface area contributed by atoms with Crippen LogP contribution in [0.2, 0.25) is 0 Å². The molecule has 0 amide bonds. The van der Waals surface area contributed by atoms with Crippen LogP contribution in [0, 0.1) is 0 Å². The summed E-state index contributed by atoms with van der Waals surface area (Å²) in [6, 6.07) is 5.56. The Labute approximate surface area is 194 Å². The predicted octanol–water partition coefficient (Wildman–Crippen LogP) is 7.22. The topological polar surface area (TPSA) is 57.2 Å². The standard InChI is InChI=1S/C27H42O5/c1-6-7-8-9-10-11-12-13-14-15-16-21(28)20-19-24(31-4)25-22(29-2)17-18-23(30-3)26(25)27(20)32-5/h17-19,21,28H,6-16H2,1-5H3. The molecule has 0 fully saturated rings. The largest absolute Gasteiger partial charge is 0.496 e. The molecule has 0 radical (unpaired) electrons. The molecule has 0 bridgehead atoms. The molecular weight excluding hydrogens is 404 g/mol. The second-order valence-corrected chi connectivity index (χ2v) is 8.41. The Morgan fingerprint density at radius 2 is 1.16 bits per heavy atom. The molecule has 0 aliphatic heterocycles. The lowest BCUT2D eigenvalue weighted by atomic mass is 9.96. The summed E-state index contributed by atoms with van der Waals surface area (Å²) in [6.45, 7) is 2.26. The summed E-state index contributed by atoms with van der Waals surface area (Å²) >= 11 is 0. The molecule has 0 saturated carbocycles. The Bertz CT molecular complexity index is 818. The zero-order valence-electron chi connectivity index (χ0n) is 20.7. The number of rotatable bonds is 16. The van der Waals surface area contributed by atoms with Gasteiger partial charge >= 0.3 is 0 Å². The first-order valence-corrected chi connectivity index (χ1v) is 12.1. The van der Waals surface area contributed by atoms with E-state index in [2.05, 4.69) is 6.92 Å². The molecular formula is C27H42O5. The summed E-state index contributed by atoms with van der Waals surface area (Å²) in [6.07, 6.45) is 12.8. The van der Waals surface area contributed by atoms with Gasteiger partial charge < -0.3 is 24.1 Å². The Kier molecular flexibility index (Phi) is 11.5. The second-order valence-electron chi connectivity index (χ2n) is 8.41. The monoisotopic (exact) mass is 446 g/mol. The number of ether oxygens (including phenoxy) is 4. The summed E-state index contributed by atoms with van der Waals surface area (Å²) in [4.78, 5) is 0. The van der Waals surface area contributed by atoms with Gasteiger partial charge in [0.25, 0.3) is 0 Å². The van der Waals surface area contributed by atoms with Crippen molar-refractivity contribution >= 4 is 10.8 Å². The molecule has 2 rings (SSSR count). The maximum Gasteiger partial charge on any atom is 0.136 e. The van der Waals surface area contributed by atoms with Crippen LogP contribution in [-0.2, 0) is 0 Å². The Morgan fingerprint density at radius 1 is 0.656 bits per heavy atom. The van der Waals surface area contributed by atoms with Crippen LogP contribution in [0.25, 0.3) is 10.8 Å². The summed E-state index contributed by atoms with van der Waals surface area (Å²) in [5.74, 6) is 2.57. The fourth-order valence-corrected chi connectivity index (χ4v) is 4.41. The smallest absolute Gasteiger partial charge is 0.136 e. The normalized spacial score (nSPS) is 12.1. The molecule has 32 heavy (non-hydrogen) atoms. The van der Waals surface area contributed by atoms with Gasteiger partial charge in [-0.2, -0.15) is 0 Å². The highest BCUT2D eigenvalue weighted by molar-refractivity contribution is 6.03. The van der Waals surface area contributed by atoms with Gasteiger partial charge in [0.2, 0.25) is 0 Å². The van der Waals surface area contributed by atoms with E-state index in [4.69, 9.17) is 18.9 Å². The van der Waals surface area contributed by atoms with Crippen LogP contribution < -0.4 is 18.9 Å². The summed E-state index contributed by atoms with van der Waals surface area (Å²) in [7, 11) is 6.50. The average molecular weight is 447 g/mol. The maximum atomic E-state index is 11.0. The van der Waals surface area contributed by atoms with Crippen LogP contribution >= 0.6 is 0 Å². The molecule has 0 heterocycles. The lowest BCUT2D eigenvalue weighted by molar-refractivity contribution is 0.159. The molecule has 2 aromatic rings. The van der Waals surface area contributed by atoms with Gasteiger partial charge in [-0.25, -0.2) is 0 Å². The molecule has 180 valence electrons. The molecule has 1 atom stereocenters. The van der Waals surface area contributed by atoms with Crippen LogP contribution in [0.15, 0.2) is 18.2 Å². The number of benzene rings is 2. The highest BCUT2D eigenvalue weighted by atomic mass is 16.5. The fraction of sp³-hybridized carbons (Fsp3) is 0.630. The van der Waals surface area contributed by atoms with E-state index in [1.54, 1.807) is 28.4 Å². The van der Waals surface area contributed by atoms with E-state index in [1.165, 1.54) is 51.4 Å². The molecule has 5 nitrogen and oxygen atoms in total. The zero-order valence-corrected chi connectivity index (χ0v) is 20.7. The van der Waals surface area contributed by atoms with Gasteiger partial charge in [0.1, 0.15) is 23.0 Å². The minimum Gasteiger partial charge on any atom is -0.496 e. The van der Waals surface area contributed by atoms with Gasteiger partial charge in [-0.15, -0.1) is 0 Å². The molecule has 5 heteroatoms. The third kappa shape index (κ3) is 6.68. The quantitative estimate of drug-likeness (QED) is 0.276. The minimum atomic E-state index is -0.631. The highest BCUT2D eigenvalue weighted by Gasteiger charge is 2.24. The Morgan fingerprint density at radius 3 is 1.66 bits per heavy atom. The van der Waals surface area contributed by atoms with Crippen molar-refractivity contribution in [2.45, 2.75) is 83.7 Å². The number of aliphatic hydroxyl groups excluding tert-OH is 1. The third-order valence-corrected chi connectivity index (χ3v) is 6.21. The number of hydrogen-bond acceptors (Lipinski definition) is 5. The first kappa shape index (κ1) is 26.1. The van der Waals surface area contributed by atoms with E-state index in [0.29, 0.717) is 29.4 Å². The summed E-state index contributed by atoms with van der Waals surface area (Å²) in [5, 5.41) is 12.6. The van der Waals surface area contributed by atoms with E-state index in [9.17, 15) is 5.11 Å². The molecule has 0 aliphatic rings. The van der Waals surface area contributed by atoms with Crippen molar-refractivity contribution in [3.63, 3.8) is 0 Å². The maximum absolute atomic E-state index is 11.0. The van der Waals surface area contributed by atoms with Crippen molar-refractivity contribution in [1.82, 2.24) is 0 Å². The Balaban J connectivity index is 2.06. The van der Waals surface area contributed by atoms with Crippen LogP contribution in [0.4, 0.5) is 0 Å². The van der Waals surface area contributed by atoms with E-state index < -0.39 is 6.10 Å². The molecule has 0 aromatic heterocycles. The van der Waals surface area contributed by atoms with Crippen molar-refractivity contribution in [2.24, 2.45) is 0 Å². The van der Waals surface area contributed by atoms with Gasteiger partial charge in [0.05, 0.1) is 45.3 Å². The number of fused-ring (bicyclic) bond motifs is 1. The molecule has 0 saturated heterocycles. The molecule has 1 N–H and O–H groups in total. The van der Waals surface area contributed by atoms with Gasteiger partial charge in [-0.1, -0.05) is 71.1 Å². The predicted molar refractivity (Wildman–Crippen MR) is 132 cm³/mol. The van der Waals surface area contributed by atoms with Crippen LogP contribution in [0.3, 0.4) is 0 Å². The number of unbranched alkanes of at least 4 members (excludes halogenated alkanes) is 9. The SMILES string of the molecule is CCCCCCCCCCCCC(O)c1cc(OC)c2c(OC)ccc(OC)c2c1OC. The molecule has 0 spiro atoms. The zero-order chi connectivity index (χ0) is 23.3. The summed E-state index contributed by atoms with van der Waals surface area (Å²) in [5.41, 5.74) is 0.722. The van der Waals surface area contributed by atoms with Crippen LogP contribution in [-0.4, -0.2) is 33.5 Å². The number of hydrogen-bond donors (Lipinski definition) is 1. The second kappa shape index (κ2) is 14.1. The van der Waals surface area contributed by atoms with E-state index >= 15 is 0 Å². The minimum absolute atomic E-state index is 0.608. The van der Waals surface area contributed by atoms with Crippen LogP contribution in [0.5, 0.6) is 23.0 Å². The Hall–Kier alpha value is -2.14. The van der Waals surface area contributed by atoms with Crippen molar-refractivity contribution in [1.29, 1.82) is 0 Å². The molecule has 0 aliphatic carbocycles. The van der Waals surface area contributed by atoms with Gasteiger partial charge in [0.15, 0.2) is 0 Å². The summed E-state index contributed by atoms with van der Waals surface area (Å²) < 4.78 is 22.6. The van der Waals surface area contributed by atoms with E-state index in [0.717, 1.165) is 29.2 Å². The van der Waals surface area contributed by atoms with Gasteiger partial charge in [0, 0.05) is 5.56 Å².